The first-order chi connectivity index (χ1) is 39.2. The summed E-state index contributed by atoms with van der Waals surface area (Å²) in [4.78, 5) is 0. The fourth-order valence-corrected chi connectivity index (χ4v) is 6.53. The van der Waals surface area contributed by atoms with E-state index in [-0.39, 0.29) is 0 Å². The summed E-state index contributed by atoms with van der Waals surface area (Å²) >= 11 is 0. The Kier molecular flexibility index (Phi) is 2.74. The Morgan fingerprint density at radius 3 is 1.53 bits per heavy atom. The number of para-hydroxylation sites is 1. The smallest absolute Gasteiger partial charge is 0.143 e. The van der Waals surface area contributed by atoms with E-state index in [1.165, 1.54) is 0 Å². The summed E-state index contributed by atoms with van der Waals surface area (Å²) in [5, 5.41) is -6.55. The van der Waals surface area contributed by atoms with Crippen molar-refractivity contribution in [2.45, 2.75) is 0 Å². The fourth-order valence-electron chi connectivity index (χ4n) is 6.53. The van der Waals surface area contributed by atoms with Crippen molar-refractivity contribution in [3.63, 3.8) is 0 Å². The first-order valence-electron chi connectivity index (χ1n) is 31.2. The molecule has 246 valence electrons. The van der Waals surface area contributed by atoms with E-state index in [2.05, 4.69) is 0 Å². The largest absolute Gasteiger partial charge is 0.455 e. The average Bonchev–Trinajstić information content (AvgIpc) is 0.857. The van der Waals surface area contributed by atoms with Crippen LogP contribution in [0.15, 0.2) is 198 Å². The molecule has 0 atom stereocenters. The zero-order valence-electron chi connectivity index (χ0n) is 57.5. The maximum absolute atomic E-state index is 9.70. The van der Waals surface area contributed by atoms with Crippen LogP contribution in [-0.2, 0) is 0 Å². The number of benzene rings is 10. The molecule has 0 spiro atoms. The lowest BCUT2D eigenvalue weighted by Crippen LogP contribution is -1.92. The van der Waals surface area contributed by atoms with Crippen LogP contribution in [0.1, 0.15) is 42.5 Å². The van der Waals surface area contributed by atoms with Crippen molar-refractivity contribution in [3.8, 4) is 44.5 Å². The van der Waals surface area contributed by atoms with Crippen LogP contribution >= 0.6 is 0 Å². The Balaban J connectivity index is 1.39. The molecule has 0 aliphatic carbocycles. The predicted octanol–water partition coefficient (Wildman–Crippen LogP) is 14.9. The van der Waals surface area contributed by atoms with E-state index in [4.69, 9.17) is 29.1 Å². The molecule has 0 bridgehead atoms. The van der Waals surface area contributed by atoms with Crippen LogP contribution in [0.25, 0.3) is 110 Å². The van der Waals surface area contributed by atoms with Crippen molar-refractivity contribution in [2.24, 2.45) is 0 Å². The van der Waals surface area contributed by atoms with Crippen LogP contribution in [0.4, 0.5) is 0 Å². The Morgan fingerprint density at radius 1 is 0.321 bits per heavy atom. The van der Waals surface area contributed by atoms with Crippen LogP contribution in [0.3, 0.4) is 0 Å². The highest BCUT2D eigenvalue weighted by Gasteiger charge is 2.20. The Morgan fingerprint density at radius 2 is 0.830 bits per heavy atom. The summed E-state index contributed by atoms with van der Waals surface area (Å²) in [5.74, 6) is 0. The third-order valence-corrected chi connectivity index (χ3v) is 8.79. The molecule has 0 aliphatic rings. The van der Waals surface area contributed by atoms with Gasteiger partial charge in [-0.05, 0) is 100 Å². The van der Waals surface area contributed by atoms with Gasteiger partial charge in [-0.15, -0.1) is 0 Å². The highest BCUT2D eigenvalue weighted by Crippen LogP contribution is 2.47. The van der Waals surface area contributed by atoms with Gasteiger partial charge in [0.05, 0.1) is 42.5 Å². The lowest BCUT2D eigenvalue weighted by Gasteiger charge is -2.20. The average molecular weight is 704 g/mol. The number of rotatable bonds is 4. The van der Waals surface area contributed by atoms with Crippen LogP contribution in [0, 0.1) is 0 Å². The van der Waals surface area contributed by atoms with Crippen LogP contribution in [-0.4, -0.2) is 0 Å². The molecule has 11 aromatic rings. The third kappa shape index (κ3) is 4.64. The zero-order chi connectivity index (χ0) is 61.9. The lowest BCUT2D eigenvalue weighted by atomic mass is 9.83. The number of furan rings is 1. The molecule has 0 saturated heterocycles. The van der Waals surface area contributed by atoms with E-state index in [9.17, 15) is 17.8 Å². The van der Waals surface area contributed by atoms with Gasteiger partial charge in [-0.1, -0.05) is 175 Å². The first kappa shape index (κ1) is 12.3. The molecule has 0 fully saturated rings. The first-order valence-corrected chi connectivity index (χ1v) is 15.7. The Hall–Kier alpha value is -6.96. The van der Waals surface area contributed by atoms with Crippen LogP contribution < -0.4 is 0 Å². The van der Waals surface area contributed by atoms with Gasteiger partial charge in [-0.25, -0.2) is 0 Å². The molecule has 11 rings (SSSR count). The van der Waals surface area contributed by atoms with Crippen molar-refractivity contribution in [3.05, 3.63) is 193 Å². The lowest BCUT2D eigenvalue weighted by molar-refractivity contribution is 0.670. The van der Waals surface area contributed by atoms with Gasteiger partial charge in [0.1, 0.15) is 11.2 Å². The molecular weight excluding hydrogens is 641 g/mol. The summed E-state index contributed by atoms with van der Waals surface area (Å²) in [7, 11) is 0. The van der Waals surface area contributed by atoms with Gasteiger partial charge in [0.2, 0.25) is 0 Å². The van der Waals surface area contributed by atoms with Crippen molar-refractivity contribution in [2.75, 3.05) is 0 Å². The highest BCUT2D eigenvalue weighted by molar-refractivity contribution is 6.25. The van der Waals surface area contributed by atoms with E-state index in [1.807, 2.05) is 0 Å². The monoisotopic (exact) mass is 703 g/mol. The van der Waals surface area contributed by atoms with E-state index in [0.29, 0.717) is 0 Å². The van der Waals surface area contributed by atoms with Gasteiger partial charge in [0.15, 0.2) is 0 Å². The molecule has 0 N–H and O–H groups in total. The highest BCUT2D eigenvalue weighted by atomic mass is 16.3. The van der Waals surface area contributed by atoms with Gasteiger partial charge in [0, 0.05) is 16.3 Å². The molecule has 0 aliphatic heterocycles. The van der Waals surface area contributed by atoms with Gasteiger partial charge >= 0.3 is 0 Å². The summed E-state index contributed by atoms with van der Waals surface area (Å²) in [6, 6.07) is -27.9. The molecule has 0 radical (unpaired) electrons. The Labute approximate surface area is 350 Å². The van der Waals surface area contributed by atoms with Gasteiger partial charge in [-0.2, -0.15) is 0 Å². The Bertz CT molecular complexity index is 4910. The molecular formula is C52H32O. The number of fused-ring (bicyclic) bond motifs is 7. The maximum atomic E-state index is 9.70. The molecule has 53 heavy (non-hydrogen) atoms. The molecule has 0 saturated carbocycles. The molecule has 1 aromatic heterocycles. The summed E-state index contributed by atoms with van der Waals surface area (Å²) in [6.07, 6.45) is 0. The normalized spacial score (nSPS) is 20.0. The molecule has 1 nitrogen and oxygen atoms in total. The van der Waals surface area contributed by atoms with Crippen molar-refractivity contribution in [1.82, 2.24) is 0 Å². The van der Waals surface area contributed by atoms with Crippen molar-refractivity contribution in [1.29, 1.82) is 0 Å². The minimum absolute atomic E-state index is 0.508. The second-order valence-electron chi connectivity index (χ2n) is 11.6. The predicted molar refractivity (Wildman–Crippen MR) is 225 cm³/mol. The summed E-state index contributed by atoms with van der Waals surface area (Å²) < 4.78 is 287. The van der Waals surface area contributed by atoms with Crippen LogP contribution in [0.5, 0.6) is 0 Å². The van der Waals surface area contributed by atoms with Crippen molar-refractivity contribution >= 4 is 65.0 Å². The zero-order valence-corrected chi connectivity index (χ0v) is 26.5. The molecule has 10 aromatic carbocycles. The standard InChI is InChI=1S/C52H32O/c1-2-13-33(14-3-1)36-29-30-40-47-26-12-23-39(52(47)53-49(40)32-36)37-28-27-35-17-11-25-46(48(35)31-37)51-44-21-8-6-19-42(44)50(43-20-7-9-22-45(43)51)41-24-10-16-34-15-4-5-18-38(34)41/h1-32H/i1D,2D,3D,4D,5D,6D,7D,8D,9D,10D,11D,12D,13D,14D,15D,16D,17D,18D,19D,20D,21D,22D,23D,24D,25D,26D,27D,28D,29D,30D,32D. The molecule has 0 unspecified atom stereocenters. The minimum atomic E-state index is -1.02. The second kappa shape index (κ2) is 11.8. The molecule has 1 heteroatoms. The quantitative estimate of drug-likeness (QED) is 0.166. The van der Waals surface area contributed by atoms with Crippen LogP contribution in [0.2, 0.25) is 0 Å². The maximum Gasteiger partial charge on any atom is 0.143 e. The van der Waals surface area contributed by atoms with Gasteiger partial charge in [-0.3, -0.25) is 0 Å². The summed E-state index contributed by atoms with van der Waals surface area (Å²) in [6.45, 7) is 0. The fraction of sp³-hybridized carbons (Fsp3) is 0. The molecule has 0 amide bonds. The molecule has 1 heterocycles. The topological polar surface area (TPSA) is 13.1 Å². The van der Waals surface area contributed by atoms with Gasteiger partial charge in [0.25, 0.3) is 0 Å². The van der Waals surface area contributed by atoms with E-state index in [0.717, 1.165) is 6.07 Å². The number of hydrogen-bond acceptors (Lipinski definition) is 1. The SMILES string of the molecule is [2H]c1c([2H])c([2H])c(-c2c([2H])c([2H])c3c(oc4c(-c5cc6c(-c7c8c([2H])c([2H])c([2H])c([2H])c8c(-c8c([2H])c([2H])c([2H])c9c([2H])c([2H])c([2H])c([2H])c89)c8c([2H])c([2H])c([2H])c([2H])c78)c([2H])c([2H])c([2H])c6c([2H])c5[2H])c([2H])c([2H])c([2H])c43)c2[2H])c([2H])c1[2H]. The van der Waals surface area contributed by atoms with Crippen molar-refractivity contribution < 1.29 is 46.9 Å². The van der Waals surface area contributed by atoms with E-state index in [1.54, 1.807) is 0 Å². The van der Waals surface area contributed by atoms with E-state index >= 15 is 0 Å². The second-order valence-corrected chi connectivity index (χ2v) is 11.6. The minimum Gasteiger partial charge on any atom is -0.455 e. The summed E-state index contributed by atoms with van der Waals surface area (Å²) in [5.41, 5.74) is -6.83. The van der Waals surface area contributed by atoms with E-state index < -0.39 is 297 Å². The van der Waals surface area contributed by atoms with Gasteiger partial charge < -0.3 is 4.42 Å². The number of hydrogen-bond donors (Lipinski definition) is 0. The third-order valence-electron chi connectivity index (χ3n) is 8.79.